The highest BCUT2D eigenvalue weighted by Gasteiger charge is 2.28. The summed E-state index contributed by atoms with van der Waals surface area (Å²) in [6, 6.07) is 8.42. The number of carbonyl (C=O) groups excluding carboxylic acids is 1. The van der Waals surface area contributed by atoms with E-state index in [9.17, 15) is 4.79 Å². The zero-order valence-corrected chi connectivity index (χ0v) is 11.1. The Bertz CT molecular complexity index is 609. The van der Waals surface area contributed by atoms with Gasteiger partial charge >= 0.3 is 0 Å². The van der Waals surface area contributed by atoms with E-state index in [1.165, 1.54) is 28.6 Å². The van der Waals surface area contributed by atoms with Gasteiger partial charge in [-0.05, 0) is 31.4 Å². The van der Waals surface area contributed by atoms with E-state index in [4.69, 9.17) is 0 Å². The van der Waals surface area contributed by atoms with Crippen LogP contribution in [0.1, 0.15) is 42.9 Å². The van der Waals surface area contributed by atoms with E-state index in [0.717, 1.165) is 19.3 Å². The Morgan fingerprint density at radius 2 is 2.00 bits per heavy atom. The molecule has 2 aromatic rings. The molecular formula is C16H19NO. The molecule has 1 aliphatic rings. The molecule has 1 fully saturated rings. The number of carbonyl (C=O) groups is 1. The van der Waals surface area contributed by atoms with Crippen LogP contribution in [0.15, 0.2) is 24.3 Å². The van der Waals surface area contributed by atoms with E-state index in [1.807, 2.05) is 0 Å². The maximum Gasteiger partial charge on any atom is 0.140 e. The molecule has 2 nitrogen and oxygen atoms in total. The fourth-order valence-corrected chi connectivity index (χ4v) is 3.28. The van der Waals surface area contributed by atoms with E-state index >= 15 is 0 Å². The molecule has 1 saturated carbocycles. The lowest BCUT2D eigenvalue weighted by molar-refractivity contribution is -0.121. The first kappa shape index (κ1) is 11.5. The molecule has 1 aromatic carbocycles. The Morgan fingerprint density at radius 3 is 2.78 bits per heavy atom. The van der Waals surface area contributed by atoms with Crippen LogP contribution >= 0.6 is 0 Å². The number of rotatable bonds is 1. The quantitative estimate of drug-likeness (QED) is 0.746. The third-order valence-electron chi connectivity index (χ3n) is 4.35. The first-order chi connectivity index (χ1) is 8.70. The van der Waals surface area contributed by atoms with Gasteiger partial charge < -0.3 is 4.57 Å². The fourth-order valence-electron chi connectivity index (χ4n) is 3.28. The Hall–Kier alpha value is -1.57. The van der Waals surface area contributed by atoms with Gasteiger partial charge in [0.05, 0.1) is 0 Å². The summed E-state index contributed by atoms with van der Waals surface area (Å²) >= 11 is 0. The molecule has 0 saturated heterocycles. The summed E-state index contributed by atoms with van der Waals surface area (Å²) in [6.07, 6.45) is 4.03. The van der Waals surface area contributed by atoms with Gasteiger partial charge in [0.25, 0.3) is 0 Å². The average Bonchev–Trinajstić information content (AvgIpc) is 2.64. The first-order valence-corrected chi connectivity index (χ1v) is 6.77. The summed E-state index contributed by atoms with van der Waals surface area (Å²) in [4.78, 5) is 12.2. The van der Waals surface area contributed by atoms with Crippen LogP contribution in [0.3, 0.4) is 0 Å². The summed E-state index contributed by atoms with van der Waals surface area (Å²) in [5.74, 6) is 0.561. The third-order valence-corrected chi connectivity index (χ3v) is 4.35. The number of fused-ring (bicyclic) bond motifs is 1. The number of Topliss-reactive ketones (excluding diaryl/α,β-unsaturated/α-hetero) is 1. The third kappa shape index (κ3) is 1.59. The number of hydrogen-bond donors (Lipinski definition) is 0. The van der Waals surface area contributed by atoms with Crippen LogP contribution in [0.4, 0.5) is 0 Å². The minimum atomic E-state index is 0.129. The van der Waals surface area contributed by atoms with Crippen LogP contribution in [0.25, 0.3) is 10.9 Å². The molecule has 0 amide bonds. The molecule has 18 heavy (non-hydrogen) atoms. The number of aryl methyl sites for hydroxylation is 1. The molecule has 0 N–H and O–H groups in total. The van der Waals surface area contributed by atoms with Gasteiger partial charge in [-0.25, -0.2) is 0 Å². The van der Waals surface area contributed by atoms with Crippen molar-refractivity contribution in [2.45, 2.75) is 38.5 Å². The lowest BCUT2D eigenvalue weighted by Crippen LogP contribution is -2.17. The summed E-state index contributed by atoms with van der Waals surface area (Å²) < 4.78 is 2.21. The maximum absolute atomic E-state index is 12.2. The number of para-hydroxylation sites is 1. The highest BCUT2D eigenvalue weighted by atomic mass is 16.1. The van der Waals surface area contributed by atoms with Gasteiger partial charge in [-0.15, -0.1) is 0 Å². The van der Waals surface area contributed by atoms with E-state index in [1.54, 1.807) is 0 Å². The van der Waals surface area contributed by atoms with E-state index < -0.39 is 0 Å². The van der Waals surface area contributed by atoms with Gasteiger partial charge in [0.1, 0.15) is 5.78 Å². The van der Waals surface area contributed by atoms with Gasteiger partial charge in [-0.1, -0.05) is 24.6 Å². The van der Waals surface area contributed by atoms with Crippen LogP contribution in [0.5, 0.6) is 0 Å². The fraction of sp³-hybridized carbons (Fsp3) is 0.438. The van der Waals surface area contributed by atoms with Crippen LogP contribution in [-0.2, 0) is 11.8 Å². The molecule has 3 rings (SSSR count). The molecule has 1 atom stereocenters. The zero-order chi connectivity index (χ0) is 12.7. The average molecular weight is 241 g/mol. The Balaban J connectivity index is 2.22. The number of benzene rings is 1. The number of nitrogens with zero attached hydrogens (tertiary/aromatic N) is 1. The maximum atomic E-state index is 12.2. The van der Waals surface area contributed by atoms with Crippen molar-refractivity contribution in [3.8, 4) is 0 Å². The topological polar surface area (TPSA) is 22.0 Å². The molecule has 94 valence electrons. The SMILES string of the molecule is Cc1c(C2CCCCC2=O)c2ccccc2n1C. The van der Waals surface area contributed by atoms with E-state index in [2.05, 4.69) is 42.8 Å². The molecule has 0 bridgehead atoms. The van der Waals surface area contributed by atoms with Gasteiger partial charge in [0.2, 0.25) is 0 Å². The predicted octanol–water partition coefficient (Wildman–Crippen LogP) is 3.71. The monoisotopic (exact) mass is 241 g/mol. The number of aromatic nitrogens is 1. The van der Waals surface area contributed by atoms with E-state index in [-0.39, 0.29) is 5.92 Å². The highest BCUT2D eigenvalue weighted by Crippen LogP contribution is 2.37. The van der Waals surface area contributed by atoms with Crippen LogP contribution in [-0.4, -0.2) is 10.4 Å². The van der Waals surface area contributed by atoms with Crippen molar-refractivity contribution >= 4 is 16.7 Å². The molecule has 0 radical (unpaired) electrons. The van der Waals surface area contributed by atoms with Crippen LogP contribution in [0.2, 0.25) is 0 Å². The predicted molar refractivity (Wildman–Crippen MR) is 73.9 cm³/mol. The lowest BCUT2D eigenvalue weighted by Gasteiger charge is -2.21. The van der Waals surface area contributed by atoms with Gasteiger partial charge in [-0.3, -0.25) is 4.79 Å². The lowest BCUT2D eigenvalue weighted by atomic mass is 9.82. The van der Waals surface area contributed by atoms with Crippen molar-refractivity contribution in [3.05, 3.63) is 35.5 Å². The largest absolute Gasteiger partial charge is 0.348 e. The van der Waals surface area contributed by atoms with Gasteiger partial charge in [0, 0.05) is 36.0 Å². The number of hydrogen-bond acceptors (Lipinski definition) is 1. The molecular weight excluding hydrogens is 222 g/mol. The van der Waals surface area contributed by atoms with Crippen LogP contribution in [0, 0.1) is 6.92 Å². The first-order valence-electron chi connectivity index (χ1n) is 6.77. The summed E-state index contributed by atoms with van der Waals surface area (Å²) in [6.45, 7) is 2.14. The highest BCUT2D eigenvalue weighted by molar-refractivity contribution is 5.94. The summed E-state index contributed by atoms with van der Waals surface area (Å²) in [5, 5.41) is 1.26. The van der Waals surface area contributed by atoms with Gasteiger partial charge in [0.15, 0.2) is 0 Å². The summed E-state index contributed by atoms with van der Waals surface area (Å²) in [5.41, 5.74) is 3.76. The van der Waals surface area contributed by atoms with Crippen molar-refractivity contribution in [1.82, 2.24) is 4.57 Å². The minimum absolute atomic E-state index is 0.129. The molecule has 0 spiro atoms. The second kappa shape index (κ2) is 4.27. The molecule has 1 heterocycles. The normalized spacial score (nSPS) is 20.6. The molecule has 1 aliphatic carbocycles. The molecule has 0 aliphatic heterocycles. The second-order valence-corrected chi connectivity index (χ2v) is 5.34. The van der Waals surface area contributed by atoms with Crippen LogP contribution < -0.4 is 0 Å². The van der Waals surface area contributed by atoms with Crippen molar-refractivity contribution in [3.63, 3.8) is 0 Å². The second-order valence-electron chi connectivity index (χ2n) is 5.34. The van der Waals surface area contributed by atoms with Crippen molar-refractivity contribution in [2.75, 3.05) is 0 Å². The Kier molecular flexibility index (Phi) is 2.73. The molecule has 2 heteroatoms. The summed E-state index contributed by atoms with van der Waals surface area (Å²) in [7, 11) is 2.09. The van der Waals surface area contributed by atoms with Gasteiger partial charge in [-0.2, -0.15) is 0 Å². The Labute approximate surface area is 108 Å². The smallest absolute Gasteiger partial charge is 0.140 e. The van der Waals surface area contributed by atoms with Crippen molar-refractivity contribution < 1.29 is 4.79 Å². The number of ketones is 1. The van der Waals surface area contributed by atoms with Crippen molar-refractivity contribution in [1.29, 1.82) is 0 Å². The Morgan fingerprint density at radius 1 is 1.22 bits per heavy atom. The minimum Gasteiger partial charge on any atom is -0.348 e. The van der Waals surface area contributed by atoms with E-state index in [0.29, 0.717) is 5.78 Å². The molecule has 1 aromatic heterocycles. The zero-order valence-electron chi connectivity index (χ0n) is 11.1. The van der Waals surface area contributed by atoms with Crippen molar-refractivity contribution in [2.24, 2.45) is 7.05 Å². The molecule has 1 unspecified atom stereocenters. The standard InChI is InChI=1S/C16H19NO/c1-11-16(13-8-4-6-10-15(13)18)12-7-3-5-9-14(12)17(11)2/h3,5,7,9,13H,4,6,8,10H2,1-2H3.